The Labute approximate surface area is 472 Å². The summed E-state index contributed by atoms with van der Waals surface area (Å²) in [6, 6.07) is 25.7. The summed E-state index contributed by atoms with van der Waals surface area (Å²) >= 11 is 13.7. The summed E-state index contributed by atoms with van der Waals surface area (Å²) in [5, 5.41) is 13.8. The second-order valence-corrected chi connectivity index (χ2v) is 30.9. The maximum Gasteiger partial charge on any atom is 0.254 e. The lowest BCUT2D eigenvalue weighted by Gasteiger charge is -2.43. The van der Waals surface area contributed by atoms with Crippen molar-refractivity contribution in [2.24, 2.45) is 0 Å². The first kappa shape index (κ1) is 57.7. The Balaban J connectivity index is 0.813. The van der Waals surface area contributed by atoms with Gasteiger partial charge in [-0.25, -0.2) is 18.4 Å². The number of ether oxygens (including phenoxy) is 2. The molecule has 9 rings (SSSR count). The van der Waals surface area contributed by atoms with Crippen molar-refractivity contribution in [1.82, 2.24) is 34.6 Å². The van der Waals surface area contributed by atoms with Crippen LogP contribution in [0.2, 0.25) is 10.0 Å². The number of hydrogen-bond donors (Lipinski definition) is 4. The molecular weight excluding hydrogens is 1110 g/mol. The number of aromatic nitrogens is 4. The molecule has 4 aromatic carbocycles. The number of halogens is 2. The number of sulfone groups is 1. The van der Waals surface area contributed by atoms with E-state index in [-0.39, 0.29) is 33.5 Å². The monoisotopic (exact) mass is 1170 g/mol. The van der Waals surface area contributed by atoms with E-state index in [4.69, 9.17) is 42.6 Å². The molecule has 420 valence electrons. The second-order valence-electron chi connectivity index (χ2n) is 20.9. The Bertz CT molecular complexity index is 3400. The van der Waals surface area contributed by atoms with Gasteiger partial charge in [-0.1, -0.05) is 35.3 Å². The molecular formula is C55H68Cl2N12O7P2S. The number of benzene rings is 4. The highest BCUT2D eigenvalue weighted by Crippen LogP contribution is 2.44. The van der Waals surface area contributed by atoms with Crippen LogP contribution in [-0.4, -0.2) is 159 Å². The zero-order valence-electron chi connectivity index (χ0n) is 45.5. The Morgan fingerprint density at radius 1 is 0.759 bits per heavy atom. The van der Waals surface area contributed by atoms with Crippen LogP contribution in [0.4, 0.5) is 52.0 Å². The molecule has 0 spiro atoms. The first-order valence-corrected chi connectivity index (χ1v) is 33.7. The minimum Gasteiger partial charge on any atom is -0.495 e. The molecule has 1 amide bonds. The molecule has 6 aromatic rings. The van der Waals surface area contributed by atoms with Crippen LogP contribution in [0.15, 0.2) is 96.0 Å². The molecule has 3 saturated heterocycles. The topological polar surface area (TPSA) is 216 Å². The Morgan fingerprint density at radius 3 is 2.06 bits per heavy atom. The van der Waals surface area contributed by atoms with Gasteiger partial charge in [-0.2, -0.15) is 9.97 Å². The van der Waals surface area contributed by atoms with Crippen molar-refractivity contribution in [1.29, 1.82) is 0 Å². The number of carbonyl (C=O) groups is 1. The van der Waals surface area contributed by atoms with E-state index in [1.807, 2.05) is 36.4 Å². The number of piperidine rings is 1. The lowest BCUT2D eigenvalue weighted by Crippen LogP contribution is -2.53. The number of anilines is 9. The maximum absolute atomic E-state index is 13.4. The Kier molecular flexibility index (Phi) is 17.8. The van der Waals surface area contributed by atoms with Gasteiger partial charge in [-0.3, -0.25) is 14.6 Å². The fourth-order valence-electron chi connectivity index (χ4n) is 9.90. The average molecular weight is 1170 g/mol. The number of hydrogen-bond acceptors (Lipinski definition) is 18. The zero-order chi connectivity index (χ0) is 56.2. The maximum atomic E-state index is 13.4. The molecule has 3 fully saturated rings. The minimum absolute atomic E-state index is 0.137. The molecule has 0 unspecified atom stereocenters. The largest absolute Gasteiger partial charge is 0.495 e. The number of piperazine rings is 1. The first-order valence-electron chi connectivity index (χ1n) is 26.3. The second kappa shape index (κ2) is 24.4. The summed E-state index contributed by atoms with van der Waals surface area (Å²) in [7, 11) is -5.13. The molecule has 0 aliphatic carbocycles. The van der Waals surface area contributed by atoms with Crippen LogP contribution in [0.1, 0.15) is 42.7 Å². The van der Waals surface area contributed by atoms with Gasteiger partial charge in [0.05, 0.1) is 60.5 Å². The van der Waals surface area contributed by atoms with E-state index in [1.165, 1.54) is 13.3 Å². The highest BCUT2D eigenvalue weighted by Gasteiger charge is 2.31. The van der Waals surface area contributed by atoms with Crippen LogP contribution in [0.3, 0.4) is 0 Å². The molecule has 0 atom stereocenters. The summed E-state index contributed by atoms with van der Waals surface area (Å²) in [6.07, 6.45) is 4.53. The van der Waals surface area contributed by atoms with Crippen molar-refractivity contribution in [3.05, 3.63) is 112 Å². The highest BCUT2D eigenvalue weighted by atomic mass is 35.5. The van der Waals surface area contributed by atoms with Crippen LogP contribution in [0.5, 0.6) is 11.5 Å². The van der Waals surface area contributed by atoms with Gasteiger partial charge in [-0.05, 0) is 113 Å². The third-order valence-corrected chi connectivity index (χ3v) is 21.4. The van der Waals surface area contributed by atoms with Crippen molar-refractivity contribution in [2.45, 2.75) is 49.4 Å². The fraction of sp³-hybridized carbons (Fsp3) is 0.400. The number of nitrogens with one attached hydrogen (secondary N) is 4. The summed E-state index contributed by atoms with van der Waals surface area (Å²) in [6.45, 7) is 15.0. The van der Waals surface area contributed by atoms with E-state index >= 15 is 0 Å². The molecule has 3 aliphatic heterocycles. The number of methoxy groups -OCH3 is 2. The number of para-hydroxylation sites is 1. The van der Waals surface area contributed by atoms with Crippen molar-refractivity contribution in [2.75, 3.05) is 125 Å². The highest BCUT2D eigenvalue weighted by molar-refractivity contribution is 7.92. The van der Waals surface area contributed by atoms with Crippen LogP contribution in [0, 0.1) is 0 Å². The van der Waals surface area contributed by atoms with Crippen molar-refractivity contribution in [3.8, 4) is 11.5 Å². The van der Waals surface area contributed by atoms with Crippen LogP contribution >= 0.6 is 37.5 Å². The zero-order valence-corrected chi connectivity index (χ0v) is 49.6. The van der Waals surface area contributed by atoms with Crippen LogP contribution < -0.4 is 40.9 Å². The third-order valence-electron chi connectivity index (χ3n) is 14.7. The molecule has 79 heavy (non-hydrogen) atoms. The van der Waals surface area contributed by atoms with Crippen LogP contribution in [0.25, 0.3) is 0 Å². The molecule has 2 aromatic heterocycles. The van der Waals surface area contributed by atoms with Gasteiger partial charge in [0.1, 0.15) is 28.7 Å². The number of nitrogens with zero attached hydrogens (tertiary/aromatic N) is 8. The number of carbonyl (C=O) groups excluding carboxylic acids is 1. The molecule has 5 heterocycles. The third kappa shape index (κ3) is 13.8. The Hall–Kier alpha value is -5.98. The number of amides is 1. The van der Waals surface area contributed by atoms with E-state index in [1.54, 1.807) is 88.3 Å². The van der Waals surface area contributed by atoms with Gasteiger partial charge in [0.15, 0.2) is 21.5 Å². The van der Waals surface area contributed by atoms with Gasteiger partial charge in [0.25, 0.3) is 5.91 Å². The van der Waals surface area contributed by atoms with E-state index < -0.39 is 29.4 Å². The Morgan fingerprint density at radius 2 is 1.39 bits per heavy atom. The standard InChI is InChI=1S/C55H68Cl2N12O7P2S/c1-36(2)79(73,74)49-11-9-8-10-45(49)61-52-50(57)46(63-55(65-52)59-38-13-16-41(17-14-38)77(5,6)71)35-66-24-26-68(27-25-66)39-20-22-67(23-21-39)40-15-19-44(48(33-40)76-4)62-54-58-34-42(56)51(64-54)60-43-18-12-37(32-47(43)75-3)53(70)69-28-30-78(7,72)31-29-69/h8-19,32-34,36,39H,20-31,35H2,1-7H3,(H2,58,60,62,64)(H2,59,61,63,65). The van der Waals surface area contributed by atoms with Crippen molar-refractivity contribution in [3.63, 3.8) is 0 Å². The van der Waals surface area contributed by atoms with Crippen LogP contribution in [-0.2, 0) is 25.5 Å². The van der Waals surface area contributed by atoms with E-state index in [2.05, 4.69) is 52.0 Å². The normalized spacial score (nSPS) is 16.6. The van der Waals surface area contributed by atoms with Crippen molar-refractivity contribution < 1.29 is 31.8 Å². The first-order chi connectivity index (χ1) is 37.7. The molecule has 0 radical (unpaired) electrons. The average Bonchev–Trinajstić information content (AvgIpc) is 3.52. The molecule has 3 aliphatic rings. The van der Waals surface area contributed by atoms with Gasteiger partial charge in [0.2, 0.25) is 11.9 Å². The lowest BCUT2D eigenvalue weighted by molar-refractivity contribution is 0.0769. The molecule has 24 heteroatoms. The summed E-state index contributed by atoms with van der Waals surface area (Å²) < 4.78 is 63.6. The predicted molar refractivity (Wildman–Crippen MR) is 319 cm³/mol. The van der Waals surface area contributed by atoms with Gasteiger partial charge in [0, 0.05) is 106 Å². The van der Waals surface area contributed by atoms with Gasteiger partial charge < -0.3 is 49.7 Å². The van der Waals surface area contributed by atoms with Crippen molar-refractivity contribution >= 4 is 111 Å². The van der Waals surface area contributed by atoms with E-state index in [9.17, 15) is 22.3 Å². The summed E-state index contributed by atoms with van der Waals surface area (Å²) in [5.74, 6) is 2.10. The van der Waals surface area contributed by atoms with E-state index in [0.717, 1.165) is 63.1 Å². The molecule has 19 nitrogen and oxygen atoms in total. The minimum atomic E-state index is -3.64. The molecule has 0 bridgehead atoms. The predicted octanol–water partition coefficient (Wildman–Crippen LogP) is 10.2. The quantitative estimate of drug-likeness (QED) is 0.0589. The summed E-state index contributed by atoms with van der Waals surface area (Å²) in [4.78, 5) is 41.2. The van der Waals surface area contributed by atoms with Gasteiger partial charge in [-0.15, -0.1) is 0 Å². The summed E-state index contributed by atoms with van der Waals surface area (Å²) in [5.41, 5.74) is 4.40. The fourth-order valence-corrected chi connectivity index (χ4v) is 13.9. The SMILES string of the molecule is COc1cc(N2CCC(N3CCN(Cc4nc(Nc5ccc(P(C)(C)=O)cc5)nc(Nc5ccccc5S(=O)(=O)C(C)C)c4Cl)CC3)CC2)ccc1Nc1ncc(Cl)c(Nc2ccc(C(=O)N3CCP(C)(=O)CC3)cc2OC)n1. The number of rotatable bonds is 18. The molecule has 0 saturated carbocycles. The smallest absolute Gasteiger partial charge is 0.254 e. The van der Waals surface area contributed by atoms with E-state index in [0.29, 0.717) is 94.3 Å². The van der Waals surface area contributed by atoms with Gasteiger partial charge >= 0.3 is 0 Å². The lowest BCUT2D eigenvalue weighted by atomic mass is 10.0. The molecule has 4 N–H and O–H groups in total.